The molecule has 0 aromatic heterocycles. The molecule has 0 aliphatic rings. The Morgan fingerprint density at radius 1 is 1.33 bits per heavy atom. The molecule has 1 atom stereocenters. The van der Waals surface area contributed by atoms with Crippen molar-refractivity contribution in [3.63, 3.8) is 0 Å². The van der Waals surface area contributed by atoms with Gasteiger partial charge in [-0.05, 0) is 30.7 Å². The predicted molar refractivity (Wildman–Crippen MR) is 85.9 cm³/mol. The molecule has 6 heteroatoms. The first kappa shape index (κ1) is 17.9. The van der Waals surface area contributed by atoms with E-state index in [1.54, 1.807) is 23.9 Å². The quantitative estimate of drug-likeness (QED) is 0.679. The van der Waals surface area contributed by atoms with Crippen molar-refractivity contribution in [1.29, 1.82) is 0 Å². The highest BCUT2D eigenvalue weighted by molar-refractivity contribution is 7.99. The van der Waals surface area contributed by atoms with Crippen molar-refractivity contribution < 1.29 is 14.7 Å². The minimum atomic E-state index is -0.970. The molecule has 0 bridgehead atoms. The Morgan fingerprint density at radius 2 is 2.00 bits per heavy atom. The average Bonchev–Trinajstić information content (AvgIpc) is 2.45. The maximum atomic E-state index is 11.8. The average molecular weight is 330 g/mol. The SMILES string of the molecule is CCCC[C@H](NC(=O)CCSc1ccc(Cl)cc1)C(=O)O. The van der Waals surface area contributed by atoms with Gasteiger partial charge in [0.05, 0.1) is 0 Å². The largest absolute Gasteiger partial charge is 0.480 e. The standard InChI is InChI=1S/C15H20ClNO3S/c1-2-3-4-13(15(19)20)17-14(18)9-10-21-12-7-5-11(16)6-8-12/h5-8,13H,2-4,9-10H2,1H3,(H,17,18)(H,19,20)/t13-/m0/s1. The highest BCUT2D eigenvalue weighted by Gasteiger charge is 2.18. The minimum absolute atomic E-state index is 0.222. The number of amides is 1. The third kappa shape index (κ3) is 7.39. The maximum absolute atomic E-state index is 11.8. The Labute approximate surface area is 134 Å². The van der Waals surface area contributed by atoms with Crippen LogP contribution in [0.25, 0.3) is 0 Å². The molecule has 0 saturated carbocycles. The van der Waals surface area contributed by atoms with E-state index in [2.05, 4.69) is 5.32 Å². The van der Waals surface area contributed by atoms with Gasteiger partial charge in [0, 0.05) is 22.1 Å². The van der Waals surface area contributed by atoms with Gasteiger partial charge in [0.1, 0.15) is 6.04 Å². The molecule has 1 aromatic rings. The van der Waals surface area contributed by atoms with E-state index in [-0.39, 0.29) is 5.91 Å². The number of benzene rings is 1. The summed E-state index contributed by atoms with van der Waals surface area (Å²) in [5, 5.41) is 12.3. The molecule has 0 fully saturated rings. The molecule has 0 spiro atoms. The zero-order valence-electron chi connectivity index (χ0n) is 12.0. The van der Waals surface area contributed by atoms with Crippen molar-refractivity contribution in [3.8, 4) is 0 Å². The van der Waals surface area contributed by atoms with Crippen molar-refractivity contribution >= 4 is 35.2 Å². The van der Waals surface area contributed by atoms with Gasteiger partial charge < -0.3 is 10.4 Å². The number of aliphatic carboxylic acids is 1. The number of rotatable bonds is 9. The number of carbonyl (C=O) groups excluding carboxylic acids is 1. The summed E-state index contributed by atoms with van der Waals surface area (Å²) in [5.74, 6) is -0.588. The molecule has 1 rings (SSSR count). The zero-order chi connectivity index (χ0) is 15.7. The fraction of sp³-hybridized carbons (Fsp3) is 0.467. The van der Waals surface area contributed by atoms with Crippen LogP contribution in [0.15, 0.2) is 29.2 Å². The van der Waals surface area contributed by atoms with Crippen LogP contribution in [0.5, 0.6) is 0 Å². The van der Waals surface area contributed by atoms with Gasteiger partial charge in [-0.25, -0.2) is 4.79 Å². The molecule has 0 unspecified atom stereocenters. The fourth-order valence-corrected chi connectivity index (χ4v) is 2.70. The van der Waals surface area contributed by atoms with E-state index in [4.69, 9.17) is 16.7 Å². The van der Waals surface area contributed by atoms with E-state index in [1.807, 2.05) is 19.1 Å². The second-order valence-corrected chi connectivity index (χ2v) is 6.26. The van der Waals surface area contributed by atoms with Gasteiger partial charge in [-0.15, -0.1) is 11.8 Å². The number of carboxylic acids is 1. The van der Waals surface area contributed by atoms with Crippen LogP contribution in [0.1, 0.15) is 32.6 Å². The van der Waals surface area contributed by atoms with Gasteiger partial charge >= 0.3 is 5.97 Å². The van der Waals surface area contributed by atoms with Crippen molar-refractivity contribution in [2.45, 2.75) is 43.5 Å². The molecule has 4 nitrogen and oxygen atoms in total. The molecule has 0 aliphatic carbocycles. The van der Waals surface area contributed by atoms with Crippen molar-refractivity contribution in [3.05, 3.63) is 29.3 Å². The Bertz CT molecular complexity index is 464. The summed E-state index contributed by atoms with van der Waals surface area (Å²) < 4.78 is 0. The number of hydrogen-bond acceptors (Lipinski definition) is 3. The van der Waals surface area contributed by atoms with Gasteiger partial charge in [-0.3, -0.25) is 4.79 Å². The molecule has 2 N–H and O–H groups in total. The molecule has 0 heterocycles. The number of hydrogen-bond donors (Lipinski definition) is 2. The lowest BCUT2D eigenvalue weighted by molar-refractivity contribution is -0.142. The second-order valence-electron chi connectivity index (χ2n) is 4.65. The van der Waals surface area contributed by atoms with Crippen LogP contribution in [-0.2, 0) is 9.59 Å². The molecule has 1 amide bonds. The van der Waals surface area contributed by atoms with E-state index < -0.39 is 12.0 Å². The van der Waals surface area contributed by atoms with E-state index in [1.165, 1.54) is 0 Å². The second kappa shape index (κ2) is 9.68. The Balaban J connectivity index is 2.32. The van der Waals surface area contributed by atoms with Crippen LogP contribution in [0.2, 0.25) is 5.02 Å². The van der Waals surface area contributed by atoms with Crippen molar-refractivity contribution in [1.82, 2.24) is 5.32 Å². The van der Waals surface area contributed by atoms with Crippen LogP contribution < -0.4 is 5.32 Å². The monoisotopic (exact) mass is 329 g/mol. The van der Waals surface area contributed by atoms with Gasteiger partial charge in [0.25, 0.3) is 0 Å². The van der Waals surface area contributed by atoms with Crippen LogP contribution >= 0.6 is 23.4 Å². The molecule has 0 saturated heterocycles. The Hall–Kier alpha value is -1.20. The molecule has 21 heavy (non-hydrogen) atoms. The normalized spacial score (nSPS) is 11.9. The molecular formula is C15H20ClNO3S. The summed E-state index contributed by atoms with van der Waals surface area (Å²) >= 11 is 7.34. The summed E-state index contributed by atoms with van der Waals surface area (Å²) in [4.78, 5) is 23.8. The maximum Gasteiger partial charge on any atom is 0.326 e. The molecule has 116 valence electrons. The highest BCUT2D eigenvalue weighted by atomic mass is 35.5. The number of nitrogens with one attached hydrogen (secondary N) is 1. The van der Waals surface area contributed by atoms with Crippen LogP contribution in [0, 0.1) is 0 Å². The molecule has 0 aliphatic heterocycles. The van der Waals surface area contributed by atoms with Crippen LogP contribution in [-0.4, -0.2) is 28.8 Å². The zero-order valence-corrected chi connectivity index (χ0v) is 13.5. The highest BCUT2D eigenvalue weighted by Crippen LogP contribution is 2.20. The minimum Gasteiger partial charge on any atom is -0.480 e. The predicted octanol–water partition coefficient (Wildman–Crippen LogP) is 3.58. The summed E-state index contributed by atoms with van der Waals surface area (Å²) in [5.41, 5.74) is 0. The molecular weight excluding hydrogens is 310 g/mol. The van der Waals surface area contributed by atoms with E-state index >= 15 is 0 Å². The van der Waals surface area contributed by atoms with Gasteiger partial charge in [0.15, 0.2) is 0 Å². The van der Waals surface area contributed by atoms with Crippen molar-refractivity contribution in [2.24, 2.45) is 0 Å². The lowest BCUT2D eigenvalue weighted by atomic mass is 10.1. The molecule has 1 aromatic carbocycles. The lowest BCUT2D eigenvalue weighted by Gasteiger charge is -2.13. The first-order valence-corrected chi connectivity index (χ1v) is 8.29. The van der Waals surface area contributed by atoms with Gasteiger partial charge in [-0.2, -0.15) is 0 Å². The first-order valence-electron chi connectivity index (χ1n) is 6.93. The summed E-state index contributed by atoms with van der Waals surface area (Å²) in [6.45, 7) is 1.99. The third-order valence-corrected chi connectivity index (χ3v) is 4.16. The Morgan fingerprint density at radius 3 is 2.57 bits per heavy atom. The third-order valence-electron chi connectivity index (χ3n) is 2.89. The number of thioether (sulfide) groups is 1. The lowest BCUT2D eigenvalue weighted by Crippen LogP contribution is -2.40. The summed E-state index contributed by atoms with van der Waals surface area (Å²) in [7, 11) is 0. The number of carboxylic acid groups (broad SMARTS) is 1. The topological polar surface area (TPSA) is 66.4 Å². The van der Waals surface area contributed by atoms with E-state index in [0.717, 1.165) is 17.7 Å². The Kier molecular flexibility index (Phi) is 8.23. The molecule has 0 radical (unpaired) electrons. The fourth-order valence-electron chi connectivity index (χ4n) is 1.72. The summed E-state index contributed by atoms with van der Waals surface area (Å²) in [6.07, 6.45) is 2.47. The van der Waals surface area contributed by atoms with Crippen LogP contribution in [0.3, 0.4) is 0 Å². The van der Waals surface area contributed by atoms with Crippen LogP contribution in [0.4, 0.5) is 0 Å². The van der Waals surface area contributed by atoms with E-state index in [0.29, 0.717) is 23.6 Å². The van der Waals surface area contributed by atoms with E-state index in [9.17, 15) is 9.59 Å². The smallest absolute Gasteiger partial charge is 0.326 e. The van der Waals surface area contributed by atoms with Gasteiger partial charge in [-0.1, -0.05) is 31.4 Å². The number of carbonyl (C=O) groups is 2. The summed E-state index contributed by atoms with van der Waals surface area (Å²) in [6, 6.07) is 6.61. The van der Waals surface area contributed by atoms with Crippen molar-refractivity contribution in [2.75, 3.05) is 5.75 Å². The number of unbranched alkanes of at least 4 members (excludes halogenated alkanes) is 1. The van der Waals surface area contributed by atoms with Gasteiger partial charge in [0.2, 0.25) is 5.91 Å². The number of halogens is 1. The first-order chi connectivity index (χ1) is 10.0.